The van der Waals surface area contributed by atoms with Gasteiger partial charge in [0.05, 0.1) is 0 Å². The highest BCUT2D eigenvalue weighted by Gasteiger charge is 2.30. The Kier molecular flexibility index (Phi) is 5.33. The molecule has 0 spiro atoms. The number of nitrogens with zero attached hydrogens (tertiary/aromatic N) is 1. The molecule has 2 heterocycles. The molecule has 0 bridgehead atoms. The molecule has 5 nitrogen and oxygen atoms in total. The maximum absolute atomic E-state index is 12.2. The lowest BCUT2D eigenvalue weighted by atomic mass is 9.93. The van der Waals surface area contributed by atoms with Crippen molar-refractivity contribution in [2.45, 2.75) is 39.2 Å². The first-order valence-electron chi connectivity index (χ1n) is 9.05. The minimum absolute atomic E-state index is 0.0308. The molecule has 3 rings (SSSR count). The molecule has 1 atom stereocenters. The molecule has 1 aromatic rings. The van der Waals surface area contributed by atoms with Gasteiger partial charge in [-0.3, -0.25) is 9.69 Å². The van der Waals surface area contributed by atoms with Crippen LogP contribution in [0.15, 0.2) is 24.3 Å². The third-order valence-corrected chi connectivity index (χ3v) is 5.03. The summed E-state index contributed by atoms with van der Waals surface area (Å²) in [6.07, 6.45) is 5.92. The van der Waals surface area contributed by atoms with E-state index in [-0.39, 0.29) is 18.2 Å². The summed E-state index contributed by atoms with van der Waals surface area (Å²) in [5.41, 5.74) is 0.889. The lowest BCUT2D eigenvalue weighted by Crippen LogP contribution is -2.54. The van der Waals surface area contributed by atoms with Crippen LogP contribution in [-0.2, 0) is 4.79 Å². The Bertz CT molecular complexity index is 654. The SMILES string of the molecule is CC1CCCN(C(C)(C)CNC(=O)/C=C/c2ccc3c(c2)OCO3)C1. The number of likely N-dealkylation sites (tertiary alicyclic amines) is 1. The fourth-order valence-electron chi connectivity index (χ4n) is 3.40. The summed E-state index contributed by atoms with van der Waals surface area (Å²) in [5.74, 6) is 2.13. The van der Waals surface area contributed by atoms with Crippen LogP contribution in [0.2, 0.25) is 0 Å². The molecule has 1 saturated heterocycles. The highest BCUT2D eigenvalue weighted by atomic mass is 16.7. The van der Waals surface area contributed by atoms with E-state index < -0.39 is 0 Å². The third-order valence-electron chi connectivity index (χ3n) is 5.03. The van der Waals surface area contributed by atoms with Gasteiger partial charge in [0.2, 0.25) is 12.7 Å². The summed E-state index contributed by atoms with van der Waals surface area (Å²) in [6, 6.07) is 5.65. The van der Waals surface area contributed by atoms with E-state index in [1.54, 1.807) is 12.2 Å². The van der Waals surface area contributed by atoms with Gasteiger partial charge in [0, 0.05) is 24.7 Å². The second-order valence-corrected chi connectivity index (χ2v) is 7.67. The van der Waals surface area contributed by atoms with Gasteiger partial charge < -0.3 is 14.8 Å². The van der Waals surface area contributed by atoms with Crippen LogP contribution in [0.25, 0.3) is 6.08 Å². The van der Waals surface area contributed by atoms with Crippen molar-refractivity contribution in [2.75, 3.05) is 26.4 Å². The molecular weight excluding hydrogens is 316 g/mol. The van der Waals surface area contributed by atoms with Crippen LogP contribution in [0.1, 0.15) is 39.2 Å². The highest BCUT2D eigenvalue weighted by Crippen LogP contribution is 2.32. The molecule has 1 amide bonds. The van der Waals surface area contributed by atoms with E-state index in [0.717, 1.165) is 36.1 Å². The van der Waals surface area contributed by atoms with Crippen molar-refractivity contribution in [1.29, 1.82) is 0 Å². The van der Waals surface area contributed by atoms with Crippen molar-refractivity contribution in [2.24, 2.45) is 5.92 Å². The first kappa shape index (κ1) is 17.8. The number of hydrogen-bond acceptors (Lipinski definition) is 4. The predicted molar refractivity (Wildman–Crippen MR) is 98.7 cm³/mol. The van der Waals surface area contributed by atoms with Gasteiger partial charge in [-0.1, -0.05) is 13.0 Å². The Morgan fingerprint density at radius 2 is 2.16 bits per heavy atom. The van der Waals surface area contributed by atoms with Crippen LogP contribution < -0.4 is 14.8 Å². The zero-order valence-corrected chi connectivity index (χ0v) is 15.4. The van der Waals surface area contributed by atoms with Gasteiger partial charge in [0.1, 0.15) is 0 Å². The van der Waals surface area contributed by atoms with Gasteiger partial charge in [-0.15, -0.1) is 0 Å². The predicted octanol–water partition coefficient (Wildman–Crippen LogP) is 3.06. The van der Waals surface area contributed by atoms with Gasteiger partial charge in [-0.05, 0) is 62.9 Å². The second-order valence-electron chi connectivity index (χ2n) is 7.67. The quantitative estimate of drug-likeness (QED) is 0.834. The molecule has 0 radical (unpaired) electrons. The van der Waals surface area contributed by atoms with E-state index in [2.05, 4.69) is 31.0 Å². The molecule has 1 fully saturated rings. The first-order chi connectivity index (χ1) is 11.9. The van der Waals surface area contributed by atoms with E-state index in [9.17, 15) is 4.79 Å². The molecule has 1 unspecified atom stereocenters. The van der Waals surface area contributed by atoms with Crippen LogP contribution in [0.3, 0.4) is 0 Å². The fourth-order valence-corrected chi connectivity index (χ4v) is 3.40. The van der Waals surface area contributed by atoms with Crippen molar-refractivity contribution in [1.82, 2.24) is 10.2 Å². The molecule has 2 aliphatic rings. The van der Waals surface area contributed by atoms with Crippen molar-refractivity contribution in [3.8, 4) is 11.5 Å². The molecule has 5 heteroatoms. The standard InChI is InChI=1S/C20H28N2O3/c1-15-5-4-10-22(12-15)20(2,3)13-21-19(23)9-7-16-6-8-17-18(11-16)25-14-24-17/h6-9,11,15H,4-5,10,12-14H2,1-3H3,(H,21,23)/b9-7+. The Morgan fingerprint density at radius 1 is 1.36 bits per heavy atom. The summed E-state index contributed by atoms with van der Waals surface area (Å²) < 4.78 is 10.6. The number of fused-ring (bicyclic) bond motifs is 1. The fraction of sp³-hybridized carbons (Fsp3) is 0.550. The minimum Gasteiger partial charge on any atom is -0.454 e. The average molecular weight is 344 g/mol. The van der Waals surface area contributed by atoms with Gasteiger partial charge in [-0.25, -0.2) is 0 Å². The lowest BCUT2D eigenvalue weighted by Gasteiger charge is -2.43. The zero-order valence-electron chi connectivity index (χ0n) is 15.4. The Morgan fingerprint density at radius 3 is 2.96 bits per heavy atom. The van der Waals surface area contributed by atoms with E-state index in [1.807, 2.05) is 18.2 Å². The Balaban J connectivity index is 1.52. The summed E-state index contributed by atoms with van der Waals surface area (Å²) >= 11 is 0. The largest absolute Gasteiger partial charge is 0.454 e. The summed E-state index contributed by atoms with van der Waals surface area (Å²) in [4.78, 5) is 14.7. The zero-order chi connectivity index (χ0) is 17.9. The number of hydrogen-bond donors (Lipinski definition) is 1. The maximum atomic E-state index is 12.2. The average Bonchev–Trinajstić information content (AvgIpc) is 3.06. The number of nitrogens with one attached hydrogen (secondary N) is 1. The van der Waals surface area contributed by atoms with E-state index in [0.29, 0.717) is 6.54 Å². The number of amides is 1. The molecule has 1 N–H and O–H groups in total. The first-order valence-corrected chi connectivity index (χ1v) is 9.05. The van der Waals surface area contributed by atoms with Gasteiger partial charge in [0.15, 0.2) is 11.5 Å². The third kappa shape index (κ3) is 4.54. The molecule has 1 aromatic carbocycles. The van der Waals surface area contributed by atoms with Gasteiger partial charge in [0.25, 0.3) is 0 Å². The normalized spacial score (nSPS) is 20.8. The second kappa shape index (κ2) is 7.48. The number of benzene rings is 1. The van der Waals surface area contributed by atoms with Crippen LogP contribution in [-0.4, -0.2) is 42.8 Å². The van der Waals surface area contributed by atoms with Gasteiger partial charge in [-0.2, -0.15) is 0 Å². The number of piperidine rings is 1. The molecule has 0 aliphatic carbocycles. The molecule has 136 valence electrons. The van der Waals surface area contributed by atoms with Crippen molar-refractivity contribution < 1.29 is 14.3 Å². The number of ether oxygens (including phenoxy) is 2. The molecule has 0 saturated carbocycles. The topological polar surface area (TPSA) is 50.8 Å². The van der Waals surface area contributed by atoms with E-state index >= 15 is 0 Å². The van der Waals surface area contributed by atoms with Crippen LogP contribution in [0.5, 0.6) is 11.5 Å². The summed E-state index contributed by atoms with van der Waals surface area (Å²) in [6.45, 7) is 9.82. The summed E-state index contributed by atoms with van der Waals surface area (Å²) in [5, 5.41) is 3.03. The summed E-state index contributed by atoms with van der Waals surface area (Å²) in [7, 11) is 0. The van der Waals surface area contributed by atoms with Crippen molar-refractivity contribution in [3.63, 3.8) is 0 Å². The smallest absolute Gasteiger partial charge is 0.244 e. The monoisotopic (exact) mass is 344 g/mol. The molecule has 0 aromatic heterocycles. The minimum atomic E-state index is -0.0733. The number of carbonyl (C=O) groups is 1. The van der Waals surface area contributed by atoms with Crippen molar-refractivity contribution in [3.05, 3.63) is 29.8 Å². The van der Waals surface area contributed by atoms with E-state index in [4.69, 9.17) is 9.47 Å². The number of rotatable bonds is 5. The number of carbonyl (C=O) groups excluding carboxylic acids is 1. The van der Waals surface area contributed by atoms with Crippen LogP contribution in [0, 0.1) is 5.92 Å². The van der Waals surface area contributed by atoms with Crippen LogP contribution in [0.4, 0.5) is 0 Å². The molecule has 2 aliphatic heterocycles. The Hall–Kier alpha value is -2.01. The Labute approximate surface area is 150 Å². The highest BCUT2D eigenvalue weighted by molar-refractivity contribution is 5.91. The lowest BCUT2D eigenvalue weighted by molar-refractivity contribution is -0.117. The maximum Gasteiger partial charge on any atom is 0.244 e. The van der Waals surface area contributed by atoms with E-state index in [1.165, 1.54) is 12.8 Å². The van der Waals surface area contributed by atoms with Crippen LogP contribution >= 0.6 is 0 Å². The van der Waals surface area contributed by atoms with Gasteiger partial charge >= 0.3 is 0 Å². The molecule has 25 heavy (non-hydrogen) atoms. The molecular formula is C20H28N2O3. The van der Waals surface area contributed by atoms with Crippen molar-refractivity contribution >= 4 is 12.0 Å².